The quantitative estimate of drug-likeness (QED) is 0.444. The van der Waals surface area contributed by atoms with Crippen molar-refractivity contribution in [3.63, 3.8) is 0 Å². The SMILES string of the molecule is O=C(CCn1c(=O)oc2ccccc21)N[C@@H](c1ccccc1)c1ccc2nc[nH]c2c1. The van der Waals surface area contributed by atoms with Gasteiger partial charge in [-0.25, -0.2) is 9.78 Å². The van der Waals surface area contributed by atoms with E-state index in [4.69, 9.17) is 4.42 Å². The van der Waals surface area contributed by atoms with E-state index in [1.165, 1.54) is 4.57 Å². The molecule has 1 atom stereocenters. The fourth-order valence-corrected chi connectivity index (χ4v) is 3.81. The number of fused-ring (bicyclic) bond motifs is 2. The Balaban J connectivity index is 1.39. The molecule has 5 aromatic rings. The van der Waals surface area contributed by atoms with Crippen molar-refractivity contribution in [2.75, 3.05) is 0 Å². The van der Waals surface area contributed by atoms with Gasteiger partial charge in [0.1, 0.15) is 0 Å². The van der Waals surface area contributed by atoms with Crippen molar-refractivity contribution in [2.24, 2.45) is 0 Å². The van der Waals surface area contributed by atoms with Crippen molar-refractivity contribution in [3.8, 4) is 0 Å². The topological polar surface area (TPSA) is 92.9 Å². The second-order valence-electron chi connectivity index (χ2n) is 7.33. The van der Waals surface area contributed by atoms with Crippen LogP contribution in [0.4, 0.5) is 0 Å². The van der Waals surface area contributed by atoms with Gasteiger partial charge in [0.05, 0.1) is 28.9 Å². The van der Waals surface area contributed by atoms with Crippen LogP contribution < -0.4 is 11.1 Å². The predicted octanol–water partition coefficient (Wildman–Crippen LogP) is 3.77. The summed E-state index contributed by atoms with van der Waals surface area (Å²) in [6.07, 6.45) is 1.80. The third kappa shape index (κ3) is 3.73. The fraction of sp³-hybridized carbons (Fsp3) is 0.125. The van der Waals surface area contributed by atoms with E-state index in [1.807, 2.05) is 66.7 Å². The molecule has 2 N–H and O–H groups in total. The second kappa shape index (κ2) is 7.95. The van der Waals surface area contributed by atoms with E-state index in [0.717, 1.165) is 22.2 Å². The van der Waals surface area contributed by atoms with Crippen molar-refractivity contribution in [1.82, 2.24) is 19.9 Å². The Morgan fingerprint density at radius 3 is 2.71 bits per heavy atom. The monoisotopic (exact) mass is 412 g/mol. The van der Waals surface area contributed by atoms with E-state index in [2.05, 4.69) is 15.3 Å². The van der Waals surface area contributed by atoms with Crippen molar-refractivity contribution in [2.45, 2.75) is 19.0 Å². The summed E-state index contributed by atoms with van der Waals surface area (Å²) in [5.74, 6) is -0.617. The molecule has 2 aromatic heterocycles. The number of amides is 1. The van der Waals surface area contributed by atoms with E-state index in [0.29, 0.717) is 11.1 Å². The molecule has 0 spiro atoms. The highest BCUT2D eigenvalue weighted by molar-refractivity contribution is 5.79. The molecule has 0 bridgehead atoms. The second-order valence-corrected chi connectivity index (χ2v) is 7.33. The average molecular weight is 412 g/mol. The number of para-hydroxylation sites is 2. The summed E-state index contributed by atoms with van der Waals surface area (Å²) in [7, 11) is 0. The number of aryl methyl sites for hydroxylation is 1. The number of oxazole rings is 1. The highest BCUT2D eigenvalue weighted by atomic mass is 16.4. The molecule has 31 heavy (non-hydrogen) atoms. The fourth-order valence-electron chi connectivity index (χ4n) is 3.81. The van der Waals surface area contributed by atoms with Gasteiger partial charge in [0, 0.05) is 13.0 Å². The molecular formula is C24H20N4O3. The average Bonchev–Trinajstić information content (AvgIpc) is 3.39. The number of carbonyl (C=O) groups excluding carboxylic acids is 1. The molecule has 0 saturated carbocycles. The Kier molecular flexibility index (Phi) is 4.84. The molecule has 3 aromatic carbocycles. The van der Waals surface area contributed by atoms with Gasteiger partial charge in [-0.3, -0.25) is 9.36 Å². The lowest BCUT2D eigenvalue weighted by molar-refractivity contribution is -0.121. The summed E-state index contributed by atoms with van der Waals surface area (Å²) >= 11 is 0. The lowest BCUT2D eigenvalue weighted by Crippen LogP contribution is -2.30. The standard InChI is InChI=1S/C24H20N4O3/c29-22(12-13-28-20-8-4-5-9-21(20)31-24(28)30)27-23(16-6-2-1-3-7-16)17-10-11-18-19(14-17)26-15-25-18/h1-11,14-15,23H,12-13H2,(H,25,26)(H,27,29)/t23-/m0/s1. The number of benzene rings is 3. The van der Waals surface area contributed by atoms with Gasteiger partial charge in [-0.1, -0.05) is 48.5 Å². The third-order valence-electron chi connectivity index (χ3n) is 5.35. The number of rotatable bonds is 6. The van der Waals surface area contributed by atoms with Crippen molar-refractivity contribution < 1.29 is 9.21 Å². The van der Waals surface area contributed by atoms with Crippen molar-refractivity contribution >= 4 is 28.0 Å². The van der Waals surface area contributed by atoms with Crippen LogP contribution in [0.2, 0.25) is 0 Å². The molecule has 7 nitrogen and oxygen atoms in total. The van der Waals surface area contributed by atoms with Gasteiger partial charge in [0.25, 0.3) is 0 Å². The molecule has 0 radical (unpaired) electrons. The van der Waals surface area contributed by atoms with E-state index in [-0.39, 0.29) is 24.9 Å². The molecule has 0 aliphatic carbocycles. The number of aromatic nitrogens is 3. The van der Waals surface area contributed by atoms with Gasteiger partial charge >= 0.3 is 5.76 Å². The van der Waals surface area contributed by atoms with Crippen LogP contribution in [0.5, 0.6) is 0 Å². The molecule has 2 heterocycles. The van der Waals surface area contributed by atoms with Gasteiger partial charge in [-0.2, -0.15) is 0 Å². The van der Waals surface area contributed by atoms with Crippen LogP contribution in [-0.4, -0.2) is 20.4 Å². The number of carbonyl (C=O) groups is 1. The van der Waals surface area contributed by atoms with E-state index < -0.39 is 5.76 Å². The summed E-state index contributed by atoms with van der Waals surface area (Å²) in [4.78, 5) is 32.4. The maximum Gasteiger partial charge on any atom is 0.419 e. The van der Waals surface area contributed by atoms with E-state index in [1.54, 1.807) is 12.4 Å². The first-order valence-electron chi connectivity index (χ1n) is 10.0. The number of imidazole rings is 1. The first-order valence-corrected chi connectivity index (χ1v) is 10.0. The maximum atomic E-state index is 12.9. The minimum Gasteiger partial charge on any atom is -0.408 e. The zero-order valence-corrected chi connectivity index (χ0v) is 16.6. The van der Waals surface area contributed by atoms with Crippen LogP contribution in [0.1, 0.15) is 23.6 Å². The molecule has 0 saturated heterocycles. The van der Waals surface area contributed by atoms with E-state index >= 15 is 0 Å². The van der Waals surface area contributed by atoms with Gasteiger partial charge < -0.3 is 14.7 Å². The highest BCUT2D eigenvalue weighted by Gasteiger charge is 2.18. The Morgan fingerprint density at radius 2 is 1.84 bits per heavy atom. The molecule has 0 fully saturated rings. The normalized spacial score (nSPS) is 12.3. The van der Waals surface area contributed by atoms with Gasteiger partial charge in [-0.05, 0) is 35.4 Å². The molecule has 0 aliphatic rings. The smallest absolute Gasteiger partial charge is 0.408 e. The number of H-pyrrole nitrogens is 1. The number of hydrogen-bond donors (Lipinski definition) is 2. The molecule has 1 amide bonds. The summed E-state index contributed by atoms with van der Waals surface area (Å²) in [6, 6.07) is 22.6. The van der Waals surface area contributed by atoms with Crippen molar-refractivity contribution in [1.29, 1.82) is 0 Å². The Morgan fingerprint density at radius 1 is 1.03 bits per heavy atom. The van der Waals surface area contributed by atoms with Gasteiger partial charge in [-0.15, -0.1) is 0 Å². The lowest BCUT2D eigenvalue weighted by atomic mass is 9.98. The number of nitrogens with one attached hydrogen (secondary N) is 2. The Labute approximate surface area is 177 Å². The molecule has 7 heteroatoms. The summed E-state index contributed by atoms with van der Waals surface area (Å²) in [5, 5.41) is 3.12. The van der Waals surface area contributed by atoms with Crippen LogP contribution in [-0.2, 0) is 11.3 Å². The summed E-state index contributed by atoms with van der Waals surface area (Å²) in [5.41, 5.74) is 4.90. The zero-order valence-electron chi connectivity index (χ0n) is 16.6. The van der Waals surface area contributed by atoms with Gasteiger partial charge in [0.2, 0.25) is 5.91 Å². The number of aromatic amines is 1. The molecular weight excluding hydrogens is 392 g/mol. The number of hydrogen-bond acceptors (Lipinski definition) is 4. The molecule has 0 unspecified atom stereocenters. The largest absolute Gasteiger partial charge is 0.419 e. The Hall–Kier alpha value is -4.13. The van der Waals surface area contributed by atoms with Crippen LogP contribution in [0, 0.1) is 0 Å². The van der Waals surface area contributed by atoms with Crippen LogP contribution in [0.3, 0.4) is 0 Å². The van der Waals surface area contributed by atoms with Crippen LogP contribution >= 0.6 is 0 Å². The number of nitrogens with zero attached hydrogens (tertiary/aromatic N) is 2. The Bertz CT molecular complexity index is 1420. The van der Waals surface area contributed by atoms with E-state index in [9.17, 15) is 9.59 Å². The highest BCUT2D eigenvalue weighted by Crippen LogP contribution is 2.25. The van der Waals surface area contributed by atoms with Crippen LogP contribution in [0.15, 0.2) is 88.3 Å². The summed E-state index contributed by atoms with van der Waals surface area (Å²) in [6.45, 7) is 0.239. The summed E-state index contributed by atoms with van der Waals surface area (Å²) < 4.78 is 6.74. The minimum atomic E-state index is -0.460. The molecule has 5 rings (SSSR count). The molecule has 0 aliphatic heterocycles. The predicted molar refractivity (Wildman–Crippen MR) is 118 cm³/mol. The van der Waals surface area contributed by atoms with Crippen molar-refractivity contribution in [3.05, 3.63) is 101 Å². The lowest BCUT2D eigenvalue weighted by Gasteiger charge is -2.20. The first-order chi connectivity index (χ1) is 15.2. The third-order valence-corrected chi connectivity index (χ3v) is 5.35. The first kappa shape index (κ1) is 18.9. The zero-order chi connectivity index (χ0) is 21.2. The molecule has 154 valence electrons. The minimum absolute atomic E-state index is 0.152. The van der Waals surface area contributed by atoms with Gasteiger partial charge in [0.15, 0.2) is 5.58 Å². The van der Waals surface area contributed by atoms with Crippen LogP contribution in [0.25, 0.3) is 22.1 Å². The maximum absolute atomic E-state index is 12.9.